The van der Waals surface area contributed by atoms with Crippen LogP contribution in [0.25, 0.3) is 0 Å². The van der Waals surface area contributed by atoms with Gasteiger partial charge in [0.25, 0.3) is 5.91 Å². The van der Waals surface area contributed by atoms with Crippen LogP contribution in [0, 0.1) is 18.8 Å². The molecule has 0 spiro atoms. The number of aryl methyl sites for hydroxylation is 1. The molecule has 1 amide bonds. The molecule has 21 heavy (non-hydrogen) atoms. The molecule has 1 aromatic rings. The van der Waals surface area contributed by atoms with Gasteiger partial charge in [-0.1, -0.05) is 35.7 Å². The number of hydrogen-bond acceptors (Lipinski definition) is 3. The summed E-state index contributed by atoms with van der Waals surface area (Å²) < 4.78 is 0. The van der Waals surface area contributed by atoms with Crippen LogP contribution in [0.4, 0.5) is 0 Å². The molecular weight excluding hydrogens is 280 g/mol. The van der Waals surface area contributed by atoms with Gasteiger partial charge in [0, 0.05) is 24.9 Å². The first-order valence-corrected chi connectivity index (χ1v) is 8.11. The first-order valence-electron chi connectivity index (χ1n) is 7.23. The zero-order chi connectivity index (χ0) is 14.7. The molecule has 1 saturated heterocycles. The van der Waals surface area contributed by atoms with E-state index in [0.717, 1.165) is 36.4 Å². The van der Waals surface area contributed by atoms with Crippen LogP contribution in [0.1, 0.15) is 24.0 Å². The molecule has 1 unspecified atom stereocenters. The molecule has 0 aliphatic carbocycles. The molecule has 3 nitrogen and oxygen atoms in total. The molecule has 4 heteroatoms. The largest absolute Gasteiger partial charge is 0.368 e. The average Bonchev–Trinajstić information content (AvgIpc) is 3.16. The minimum atomic E-state index is -0.0351. The fourth-order valence-electron chi connectivity index (χ4n) is 2.48. The van der Waals surface area contributed by atoms with Crippen molar-refractivity contribution in [1.82, 2.24) is 10.2 Å². The van der Waals surface area contributed by atoms with Crippen LogP contribution in [0.2, 0.25) is 0 Å². The highest BCUT2D eigenvalue weighted by molar-refractivity contribution is 8.05. The van der Waals surface area contributed by atoms with Crippen LogP contribution < -0.4 is 5.32 Å². The van der Waals surface area contributed by atoms with Gasteiger partial charge in [0.1, 0.15) is 5.37 Å². The number of hydrogen-bond donors (Lipinski definition) is 1. The summed E-state index contributed by atoms with van der Waals surface area (Å²) in [6.45, 7) is 3.83. The Hall–Kier alpha value is -1.86. The highest BCUT2D eigenvalue weighted by Gasteiger charge is 2.26. The third-order valence-corrected chi connectivity index (χ3v) is 4.62. The highest BCUT2D eigenvalue weighted by atomic mass is 32.2. The van der Waals surface area contributed by atoms with Crippen LogP contribution in [-0.4, -0.2) is 29.3 Å². The number of thioether (sulfide) groups is 1. The normalized spacial score (nSPS) is 20.5. The number of nitrogens with zero attached hydrogens (tertiary/aromatic N) is 1. The predicted octanol–water partition coefficient (Wildman–Crippen LogP) is 2.47. The Kier molecular flexibility index (Phi) is 4.21. The second kappa shape index (κ2) is 6.28. The van der Waals surface area contributed by atoms with Crippen molar-refractivity contribution in [3.63, 3.8) is 0 Å². The molecule has 108 valence electrons. The number of rotatable bonds is 1. The lowest BCUT2D eigenvalue weighted by Gasteiger charge is -2.14. The van der Waals surface area contributed by atoms with Crippen molar-refractivity contribution in [1.29, 1.82) is 0 Å². The van der Waals surface area contributed by atoms with Crippen molar-refractivity contribution in [3.8, 4) is 11.8 Å². The van der Waals surface area contributed by atoms with Crippen LogP contribution in [0.15, 0.2) is 35.4 Å². The monoisotopic (exact) mass is 298 g/mol. The number of carbonyl (C=O) groups excluding carboxylic acids is 1. The van der Waals surface area contributed by atoms with Crippen molar-refractivity contribution in [2.24, 2.45) is 0 Å². The van der Waals surface area contributed by atoms with Crippen molar-refractivity contribution < 1.29 is 4.79 Å². The Balaban J connectivity index is 1.60. The van der Waals surface area contributed by atoms with Crippen molar-refractivity contribution >= 4 is 17.7 Å². The molecule has 0 radical (unpaired) electrons. The number of benzene rings is 1. The number of carbonyl (C=O) groups is 1. The summed E-state index contributed by atoms with van der Waals surface area (Å²) in [5.41, 5.74) is 2.22. The van der Waals surface area contributed by atoms with Gasteiger partial charge >= 0.3 is 0 Å². The zero-order valence-corrected chi connectivity index (χ0v) is 12.9. The third kappa shape index (κ3) is 3.43. The van der Waals surface area contributed by atoms with E-state index in [1.54, 1.807) is 6.20 Å². The fraction of sp³-hybridized carbons (Fsp3) is 0.353. The van der Waals surface area contributed by atoms with Gasteiger partial charge in [-0.05, 0) is 37.5 Å². The molecule has 2 aliphatic heterocycles. The van der Waals surface area contributed by atoms with E-state index in [1.807, 2.05) is 17.0 Å². The molecule has 1 atom stereocenters. The van der Waals surface area contributed by atoms with E-state index >= 15 is 0 Å². The maximum atomic E-state index is 12.3. The molecule has 0 saturated carbocycles. The topological polar surface area (TPSA) is 32.3 Å². The third-order valence-electron chi connectivity index (χ3n) is 3.58. The Bertz CT molecular complexity index is 636. The van der Waals surface area contributed by atoms with Crippen molar-refractivity contribution in [3.05, 3.63) is 46.5 Å². The minimum absolute atomic E-state index is 0.0351. The fourth-order valence-corrected chi connectivity index (χ4v) is 3.35. The van der Waals surface area contributed by atoms with E-state index in [4.69, 9.17) is 0 Å². The van der Waals surface area contributed by atoms with E-state index in [2.05, 4.69) is 36.2 Å². The van der Waals surface area contributed by atoms with Crippen molar-refractivity contribution in [2.45, 2.75) is 25.1 Å². The molecular formula is C17H18N2OS. The van der Waals surface area contributed by atoms with Crippen LogP contribution in [0.5, 0.6) is 0 Å². The SMILES string of the molecule is Cc1cccc(C#CC2NC=C(C(=O)N3CCCC3)S2)c1. The lowest BCUT2D eigenvalue weighted by molar-refractivity contribution is -0.125. The molecule has 0 aromatic heterocycles. The molecule has 0 bridgehead atoms. The molecule has 1 fully saturated rings. The van der Waals surface area contributed by atoms with E-state index in [0.29, 0.717) is 0 Å². The molecule has 1 N–H and O–H groups in total. The zero-order valence-electron chi connectivity index (χ0n) is 12.1. The van der Waals surface area contributed by atoms with E-state index in [1.165, 1.54) is 17.3 Å². The number of likely N-dealkylation sites (tertiary alicyclic amines) is 1. The lowest BCUT2D eigenvalue weighted by atomic mass is 10.1. The first-order chi connectivity index (χ1) is 10.2. The minimum Gasteiger partial charge on any atom is -0.368 e. The van der Waals surface area contributed by atoms with Gasteiger partial charge in [0.2, 0.25) is 0 Å². The van der Waals surface area contributed by atoms with E-state index < -0.39 is 0 Å². The first kappa shape index (κ1) is 14.1. The molecule has 2 heterocycles. The number of amides is 1. The summed E-state index contributed by atoms with van der Waals surface area (Å²) in [4.78, 5) is 15.0. The van der Waals surface area contributed by atoms with Crippen molar-refractivity contribution in [2.75, 3.05) is 13.1 Å². The summed E-state index contributed by atoms with van der Waals surface area (Å²) in [6.07, 6.45) is 4.04. The molecule has 2 aliphatic rings. The maximum Gasteiger partial charge on any atom is 0.261 e. The summed E-state index contributed by atoms with van der Waals surface area (Å²) >= 11 is 1.51. The van der Waals surface area contributed by atoms with Crippen LogP contribution >= 0.6 is 11.8 Å². The average molecular weight is 298 g/mol. The van der Waals surface area contributed by atoms with Gasteiger partial charge < -0.3 is 10.2 Å². The van der Waals surface area contributed by atoms with Crippen LogP contribution in [-0.2, 0) is 4.79 Å². The quantitative estimate of drug-likeness (QED) is 0.809. The van der Waals surface area contributed by atoms with Gasteiger partial charge in [-0.2, -0.15) is 0 Å². The standard InChI is InChI=1S/C17H18N2OS/c1-13-5-4-6-14(11-13)7-8-16-18-12-15(21-16)17(20)19-9-2-3-10-19/h4-6,11-12,16,18H,2-3,9-10H2,1H3. The summed E-state index contributed by atoms with van der Waals surface area (Å²) in [6, 6.07) is 8.14. The summed E-state index contributed by atoms with van der Waals surface area (Å²) in [5.74, 6) is 6.49. The molecule has 3 rings (SSSR count). The van der Waals surface area contributed by atoms with E-state index in [-0.39, 0.29) is 11.3 Å². The Morgan fingerprint density at radius 3 is 2.95 bits per heavy atom. The second-order valence-corrected chi connectivity index (χ2v) is 6.46. The van der Waals surface area contributed by atoms with Gasteiger partial charge in [-0.25, -0.2) is 0 Å². The summed E-state index contributed by atoms with van der Waals surface area (Å²) in [7, 11) is 0. The molecule has 1 aromatic carbocycles. The Morgan fingerprint density at radius 2 is 2.19 bits per heavy atom. The van der Waals surface area contributed by atoms with Gasteiger partial charge in [-0.3, -0.25) is 4.79 Å². The second-order valence-electron chi connectivity index (χ2n) is 5.31. The Labute approximate surface area is 129 Å². The smallest absolute Gasteiger partial charge is 0.261 e. The van der Waals surface area contributed by atoms with Gasteiger partial charge in [0.15, 0.2) is 0 Å². The predicted molar refractivity (Wildman–Crippen MR) is 86.5 cm³/mol. The summed E-state index contributed by atoms with van der Waals surface area (Å²) in [5, 5.41) is 3.14. The lowest BCUT2D eigenvalue weighted by Crippen LogP contribution is -2.27. The highest BCUT2D eigenvalue weighted by Crippen LogP contribution is 2.28. The van der Waals surface area contributed by atoms with Crippen LogP contribution in [0.3, 0.4) is 0 Å². The van der Waals surface area contributed by atoms with Gasteiger partial charge in [0.05, 0.1) is 4.91 Å². The maximum absolute atomic E-state index is 12.3. The Morgan fingerprint density at radius 1 is 1.38 bits per heavy atom. The number of nitrogens with one attached hydrogen (secondary N) is 1. The van der Waals surface area contributed by atoms with Gasteiger partial charge in [-0.15, -0.1) is 0 Å². The van der Waals surface area contributed by atoms with E-state index in [9.17, 15) is 4.79 Å².